The maximum absolute atomic E-state index is 11.8. The second-order valence-corrected chi connectivity index (χ2v) is 6.00. The molecule has 3 aromatic rings. The van der Waals surface area contributed by atoms with Crippen molar-refractivity contribution in [2.24, 2.45) is 0 Å². The quantitative estimate of drug-likeness (QED) is 0.641. The van der Waals surface area contributed by atoms with Crippen LogP contribution in [0.2, 0.25) is 0 Å². The highest BCUT2D eigenvalue weighted by molar-refractivity contribution is 7.18. The van der Waals surface area contributed by atoms with Crippen LogP contribution < -0.4 is 10.6 Å². The molecule has 118 valence electrons. The Bertz CT molecular complexity index is 779. The van der Waals surface area contributed by atoms with Gasteiger partial charge in [-0.25, -0.2) is 4.98 Å². The first-order valence-corrected chi connectivity index (χ1v) is 7.92. The van der Waals surface area contributed by atoms with Gasteiger partial charge >= 0.3 is 0 Å². The molecule has 0 saturated carbocycles. The molecule has 0 unspecified atom stereocenters. The number of amides is 2. The number of para-hydroxylation sites is 1. The Kier molecular flexibility index (Phi) is 4.62. The summed E-state index contributed by atoms with van der Waals surface area (Å²) in [5, 5.41) is 12.4. The van der Waals surface area contributed by atoms with E-state index in [4.69, 9.17) is 0 Å². The summed E-state index contributed by atoms with van der Waals surface area (Å²) in [7, 11) is 0. The van der Waals surface area contributed by atoms with Gasteiger partial charge in [-0.15, -0.1) is 11.3 Å². The Hall–Kier alpha value is -2.74. The highest BCUT2D eigenvalue weighted by atomic mass is 32.1. The number of aromatic nitrogens is 3. The number of thiazole rings is 1. The lowest BCUT2D eigenvalue weighted by Gasteiger charge is -2.04. The van der Waals surface area contributed by atoms with Gasteiger partial charge in [0.05, 0.1) is 33.7 Å². The number of anilines is 1. The molecule has 7 nitrogen and oxygen atoms in total. The molecule has 2 heterocycles. The van der Waals surface area contributed by atoms with Gasteiger partial charge in [0.25, 0.3) is 0 Å². The Balaban J connectivity index is 1.43. The minimum Gasteiger partial charge on any atom is -0.347 e. The highest BCUT2D eigenvalue weighted by Gasteiger charge is 2.09. The van der Waals surface area contributed by atoms with E-state index in [1.165, 1.54) is 6.20 Å². The molecule has 0 spiro atoms. The molecular weight excluding hydrogens is 314 g/mol. The molecule has 0 fully saturated rings. The van der Waals surface area contributed by atoms with Crippen molar-refractivity contribution in [2.45, 2.75) is 12.8 Å². The van der Waals surface area contributed by atoms with Crippen molar-refractivity contribution >= 4 is 39.1 Å². The fourth-order valence-electron chi connectivity index (χ4n) is 2.04. The van der Waals surface area contributed by atoms with Gasteiger partial charge in [-0.1, -0.05) is 12.1 Å². The van der Waals surface area contributed by atoms with Gasteiger partial charge in [0.1, 0.15) is 0 Å². The first-order chi connectivity index (χ1) is 11.2. The zero-order valence-corrected chi connectivity index (χ0v) is 13.0. The average Bonchev–Trinajstić information content (AvgIpc) is 3.19. The zero-order valence-electron chi connectivity index (χ0n) is 12.2. The number of fused-ring (bicyclic) bond motifs is 1. The number of carbonyl (C=O) groups excluding carboxylic acids is 2. The lowest BCUT2D eigenvalue weighted by atomic mass is 10.3. The van der Waals surface area contributed by atoms with Crippen LogP contribution in [0.4, 0.5) is 5.69 Å². The van der Waals surface area contributed by atoms with Gasteiger partial charge in [0.15, 0.2) is 0 Å². The Labute approximate surface area is 136 Å². The molecule has 8 heteroatoms. The van der Waals surface area contributed by atoms with Crippen LogP contribution in [0, 0.1) is 0 Å². The number of hydrogen-bond acceptors (Lipinski definition) is 5. The standard InChI is InChI=1S/C15H15N5O2S/c21-13(16-9-14(22)19-10-7-17-18-8-10)5-6-15-20-11-3-1-2-4-12(11)23-15/h1-4,7-8H,5-6,9H2,(H,16,21)(H,17,18)(H,19,22). The van der Waals surface area contributed by atoms with Crippen LogP contribution in [0.1, 0.15) is 11.4 Å². The number of aryl methyl sites for hydroxylation is 1. The Morgan fingerprint density at radius 2 is 2.09 bits per heavy atom. The lowest BCUT2D eigenvalue weighted by molar-refractivity contribution is -0.124. The molecule has 23 heavy (non-hydrogen) atoms. The van der Waals surface area contributed by atoms with Crippen LogP contribution in [0.3, 0.4) is 0 Å². The van der Waals surface area contributed by atoms with Gasteiger partial charge < -0.3 is 10.6 Å². The Morgan fingerprint density at radius 3 is 2.87 bits per heavy atom. The number of H-pyrrole nitrogens is 1. The molecule has 0 aliphatic heterocycles. The van der Waals surface area contributed by atoms with Crippen molar-refractivity contribution in [1.29, 1.82) is 0 Å². The number of hydrogen-bond donors (Lipinski definition) is 3. The van der Waals surface area contributed by atoms with Crippen molar-refractivity contribution in [3.8, 4) is 0 Å². The van der Waals surface area contributed by atoms with Crippen LogP contribution in [-0.4, -0.2) is 33.5 Å². The molecule has 0 saturated heterocycles. The van der Waals surface area contributed by atoms with Crippen LogP contribution in [0.25, 0.3) is 10.2 Å². The molecule has 0 bridgehead atoms. The van der Waals surface area contributed by atoms with Gasteiger partial charge in [-0.05, 0) is 12.1 Å². The van der Waals surface area contributed by atoms with Crippen molar-refractivity contribution in [1.82, 2.24) is 20.5 Å². The second-order valence-electron chi connectivity index (χ2n) is 4.89. The fraction of sp³-hybridized carbons (Fsp3) is 0.200. The molecule has 3 rings (SSSR count). The lowest BCUT2D eigenvalue weighted by Crippen LogP contribution is -2.32. The van der Waals surface area contributed by atoms with Crippen molar-refractivity contribution in [3.05, 3.63) is 41.7 Å². The SMILES string of the molecule is O=C(CCc1nc2ccccc2s1)NCC(=O)Nc1cn[nH]c1. The van der Waals surface area contributed by atoms with Crippen LogP contribution in [0.5, 0.6) is 0 Å². The monoisotopic (exact) mass is 329 g/mol. The summed E-state index contributed by atoms with van der Waals surface area (Å²) in [4.78, 5) is 27.9. The number of carbonyl (C=O) groups is 2. The third-order valence-corrected chi connectivity index (χ3v) is 4.23. The van der Waals surface area contributed by atoms with Crippen molar-refractivity contribution < 1.29 is 9.59 Å². The minimum absolute atomic E-state index is 0.0656. The average molecular weight is 329 g/mol. The Morgan fingerprint density at radius 1 is 1.22 bits per heavy atom. The second kappa shape index (κ2) is 7.01. The van der Waals surface area contributed by atoms with Crippen LogP contribution in [-0.2, 0) is 16.0 Å². The molecule has 3 N–H and O–H groups in total. The molecular formula is C15H15N5O2S. The van der Waals surface area contributed by atoms with E-state index in [0.29, 0.717) is 18.5 Å². The number of rotatable bonds is 6. The van der Waals surface area contributed by atoms with Crippen LogP contribution in [0.15, 0.2) is 36.7 Å². The fourth-order valence-corrected chi connectivity index (χ4v) is 3.01. The summed E-state index contributed by atoms with van der Waals surface area (Å²) >= 11 is 1.59. The van der Waals surface area contributed by atoms with Crippen molar-refractivity contribution in [2.75, 3.05) is 11.9 Å². The predicted octanol–water partition coefficient (Wildman–Crippen LogP) is 1.71. The predicted molar refractivity (Wildman–Crippen MR) is 88.2 cm³/mol. The van der Waals surface area contributed by atoms with Crippen LogP contribution >= 0.6 is 11.3 Å². The van der Waals surface area contributed by atoms with Gasteiger partial charge in [-0.2, -0.15) is 5.10 Å². The van der Waals surface area contributed by atoms with E-state index < -0.39 is 0 Å². The summed E-state index contributed by atoms with van der Waals surface area (Å²) in [6.07, 6.45) is 3.92. The molecule has 2 amide bonds. The van der Waals surface area contributed by atoms with E-state index in [1.54, 1.807) is 17.5 Å². The molecule has 0 aliphatic carbocycles. The smallest absolute Gasteiger partial charge is 0.243 e. The largest absolute Gasteiger partial charge is 0.347 e. The van der Waals surface area contributed by atoms with E-state index in [9.17, 15) is 9.59 Å². The number of nitrogens with one attached hydrogen (secondary N) is 3. The molecule has 1 aromatic carbocycles. The first kappa shape index (κ1) is 15.2. The summed E-state index contributed by atoms with van der Waals surface area (Å²) in [6, 6.07) is 7.87. The topological polar surface area (TPSA) is 99.8 Å². The number of nitrogens with zero attached hydrogens (tertiary/aromatic N) is 2. The van der Waals surface area contributed by atoms with Gasteiger partial charge in [0.2, 0.25) is 11.8 Å². The maximum atomic E-state index is 11.8. The van der Waals surface area contributed by atoms with E-state index >= 15 is 0 Å². The van der Waals surface area contributed by atoms with Gasteiger partial charge in [0, 0.05) is 19.0 Å². The van der Waals surface area contributed by atoms with Gasteiger partial charge in [-0.3, -0.25) is 14.7 Å². The van der Waals surface area contributed by atoms with E-state index in [2.05, 4.69) is 25.8 Å². The number of aromatic amines is 1. The minimum atomic E-state index is -0.292. The molecule has 0 aliphatic rings. The van der Waals surface area contributed by atoms with E-state index in [-0.39, 0.29) is 18.4 Å². The van der Waals surface area contributed by atoms with E-state index in [1.807, 2.05) is 24.3 Å². The summed E-state index contributed by atoms with van der Waals surface area (Å²) in [6.45, 7) is -0.0656. The number of benzene rings is 1. The van der Waals surface area contributed by atoms with E-state index in [0.717, 1.165) is 15.2 Å². The third-order valence-electron chi connectivity index (χ3n) is 3.13. The summed E-state index contributed by atoms with van der Waals surface area (Å²) < 4.78 is 1.11. The molecule has 2 aromatic heterocycles. The van der Waals surface area contributed by atoms with Crippen molar-refractivity contribution in [3.63, 3.8) is 0 Å². The molecule has 0 radical (unpaired) electrons. The maximum Gasteiger partial charge on any atom is 0.243 e. The summed E-state index contributed by atoms with van der Waals surface area (Å²) in [5.41, 5.74) is 1.52. The normalized spacial score (nSPS) is 10.6. The highest BCUT2D eigenvalue weighted by Crippen LogP contribution is 2.22. The molecule has 0 atom stereocenters. The third kappa shape index (κ3) is 4.13. The first-order valence-electron chi connectivity index (χ1n) is 7.10. The summed E-state index contributed by atoms with van der Waals surface area (Å²) in [5.74, 6) is -0.466. The zero-order chi connectivity index (χ0) is 16.1.